The number of rotatable bonds is 5. The molecule has 108 valence electrons. The molecule has 9 heteroatoms. The van der Waals surface area contributed by atoms with E-state index in [0.717, 1.165) is 5.82 Å². The van der Waals surface area contributed by atoms with Crippen molar-refractivity contribution in [3.05, 3.63) is 17.7 Å². The summed E-state index contributed by atoms with van der Waals surface area (Å²) >= 11 is 1.29. The fourth-order valence-corrected chi connectivity index (χ4v) is 2.15. The molecule has 2 aromatic rings. The second kappa shape index (κ2) is 5.53. The van der Waals surface area contributed by atoms with E-state index in [1.807, 2.05) is 0 Å². The molecule has 20 heavy (non-hydrogen) atoms. The molecule has 0 atom stereocenters. The number of carboxylic acid groups (broad SMARTS) is 1. The van der Waals surface area contributed by atoms with Crippen LogP contribution in [0.5, 0.6) is 0 Å². The number of hydrogen-bond donors (Lipinski definition) is 2. The summed E-state index contributed by atoms with van der Waals surface area (Å²) in [4.78, 5) is 14.9. The van der Waals surface area contributed by atoms with Gasteiger partial charge < -0.3 is 10.4 Å². The summed E-state index contributed by atoms with van der Waals surface area (Å²) in [6.07, 6.45) is 1.59. The van der Waals surface area contributed by atoms with Gasteiger partial charge in [0.15, 0.2) is 0 Å². The number of nitrogens with one attached hydrogen (secondary N) is 1. The van der Waals surface area contributed by atoms with Gasteiger partial charge in [-0.05, 0) is 0 Å². The van der Waals surface area contributed by atoms with E-state index in [0.29, 0.717) is 17.4 Å². The van der Waals surface area contributed by atoms with Gasteiger partial charge in [0.1, 0.15) is 18.1 Å². The third-order valence-corrected chi connectivity index (χ3v) is 3.07. The highest BCUT2D eigenvalue weighted by Crippen LogP contribution is 2.23. The molecule has 0 radical (unpaired) electrons. The minimum atomic E-state index is -0.951. The summed E-state index contributed by atoms with van der Waals surface area (Å²) in [7, 11) is 0. The highest BCUT2D eigenvalue weighted by atomic mass is 32.1. The van der Waals surface area contributed by atoms with Crippen molar-refractivity contribution < 1.29 is 9.90 Å². The molecule has 8 nitrogen and oxygen atoms in total. The van der Waals surface area contributed by atoms with Gasteiger partial charge in [0.25, 0.3) is 0 Å². The first-order valence-electron chi connectivity index (χ1n) is 6.03. The van der Waals surface area contributed by atoms with E-state index in [1.165, 1.54) is 16.2 Å². The standard InChI is InChI=1S/C11H16N6O2S/c1-11(2,3)9-13-10(20-15-9)12-4-7-5-17(16-14-7)6-8(18)19/h5H,4,6H2,1-3H3,(H,18,19)(H,12,13,15). The van der Waals surface area contributed by atoms with Gasteiger partial charge in [0, 0.05) is 16.9 Å². The zero-order chi connectivity index (χ0) is 14.8. The van der Waals surface area contributed by atoms with Crippen LogP contribution >= 0.6 is 11.5 Å². The minimum Gasteiger partial charge on any atom is -0.480 e. The predicted octanol–water partition coefficient (Wildman–Crippen LogP) is 1.12. The average molecular weight is 296 g/mol. The normalized spacial score (nSPS) is 11.6. The summed E-state index contributed by atoms with van der Waals surface area (Å²) in [6.45, 7) is 6.39. The molecule has 2 N–H and O–H groups in total. The fraction of sp³-hybridized carbons (Fsp3) is 0.545. The van der Waals surface area contributed by atoms with Crippen molar-refractivity contribution in [2.45, 2.75) is 39.3 Å². The molecule has 0 aliphatic heterocycles. The summed E-state index contributed by atoms with van der Waals surface area (Å²) in [6, 6.07) is 0. The Bertz CT molecular complexity index is 600. The zero-order valence-corrected chi connectivity index (χ0v) is 12.3. The van der Waals surface area contributed by atoms with Crippen molar-refractivity contribution in [3.8, 4) is 0 Å². The molecule has 0 saturated carbocycles. The first-order chi connectivity index (χ1) is 9.34. The third-order valence-electron chi connectivity index (χ3n) is 2.40. The fourth-order valence-electron chi connectivity index (χ4n) is 1.40. The second-order valence-corrected chi connectivity index (χ2v) is 6.08. The molecule has 0 aromatic carbocycles. The molecule has 0 unspecified atom stereocenters. The molecule has 2 heterocycles. The minimum absolute atomic E-state index is 0.0823. The Balaban J connectivity index is 1.93. The maximum Gasteiger partial charge on any atom is 0.325 e. The van der Waals surface area contributed by atoms with E-state index in [4.69, 9.17) is 5.11 Å². The summed E-state index contributed by atoms with van der Waals surface area (Å²) in [5.41, 5.74) is 0.569. The van der Waals surface area contributed by atoms with Crippen molar-refractivity contribution in [1.82, 2.24) is 24.4 Å². The number of aliphatic carboxylic acids is 1. The lowest BCUT2D eigenvalue weighted by atomic mass is 9.96. The third kappa shape index (κ3) is 3.73. The number of carbonyl (C=O) groups is 1. The Morgan fingerprint density at radius 2 is 2.25 bits per heavy atom. The predicted molar refractivity (Wildman–Crippen MR) is 73.6 cm³/mol. The number of aromatic nitrogens is 5. The molecular formula is C11H16N6O2S. The molecule has 2 rings (SSSR count). The number of hydrogen-bond acceptors (Lipinski definition) is 7. The molecular weight excluding hydrogens is 280 g/mol. The van der Waals surface area contributed by atoms with Crippen LogP contribution in [0, 0.1) is 0 Å². The van der Waals surface area contributed by atoms with Gasteiger partial charge in [-0.2, -0.15) is 4.37 Å². The van der Waals surface area contributed by atoms with Crippen molar-refractivity contribution in [1.29, 1.82) is 0 Å². The molecule has 0 fully saturated rings. The van der Waals surface area contributed by atoms with Crippen LogP contribution in [-0.4, -0.2) is 35.4 Å². The second-order valence-electron chi connectivity index (χ2n) is 5.33. The summed E-state index contributed by atoms with van der Waals surface area (Å²) < 4.78 is 5.57. The first kappa shape index (κ1) is 14.4. The Morgan fingerprint density at radius 1 is 1.50 bits per heavy atom. The lowest BCUT2D eigenvalue weighted by Crippen LogP contribution is -2.13. The highest BCUT2D eigenvalue weighted by Gasteiger charge is 2.19. The number of anilines is 1. The van der Waals surface area contributed by atoms with E-state index in [1.54, 1.807) is 6.20 Å². The Labute approximate surface area is 120 Å². The van der Waals surface area contributed by atoms with Gasteiger partial charge in [-0.1, -0.05) is 26.0 Å². The van der Waals surface area contributed by atoms with E-state index in [2.05, 4.69) is 45.8 Å². The largest absolute Gasteiger partial charge is 0.480 e. The van der Waals surface area contributed by atoms with E-state index >= 15 is 0 Å². The van der Waals surface area contributed by atoms with Crippen LogP contribution in [0.25, 0.3) is 0 Å². The maximum absolute atomic E-state index is 10.5. The van der Waals surface area contributed by atoms with Gasteiger partial charge in [0.05, 0.1) is 12.7 Å². The molecule has 0 aliphatic rings. The van der Waals surface area contributed by atoms with Crippen LogP contribution in [0.4, 0.5) is 5.13 Å². The first-order valence-corrected chi connectivity index (χ1v) is 6.81. The Morgan fingerprint density at radius 3 is 2.85 bits per heavy atom. The van der Waals surface area contributed by atoms with E-state index < -0.39 is 5.97 Å². The summed E-state index contributed by atoms with van der Waals surface area (Å²) in [5.74, 6) is -0.159. The molecule has 0 aliphatic carbocycles. The zero-order valence-electron chi connectivity index (χ0n) is 11.5. The van der Waals surface area contributed by atoms with Gasteiger partial charge in [-0.15, -0.1) is 5.10 Å². The molecule has 0 saturated heterocycles. The lowest BCUT2D eigenvalue weighted by molar-refractivity contribution is -0.137. The van der Waals surface area contributed by atoms with Crippen LogP contribution in [0.3, 0.4) is 0 Å². The van der Waals surface area contributed by atoms with Gasteiger partial charge in [-0.25, -0.2) is 9.67 Å². The SMILES string of the molecule is CC(C)(C)c1nsc(NCc2cn(CC(=O)O)nn2)n1. The lowest BCUT2D eigenvalue weighted by Gasteiger charge is -2.12. The van der Waals surface area contributed by atoms with Crippen molar-refractivity contribution in [2.75, 3.05) is 5.32 Å². The number of nitrogens with zero attached hydrogens (tertiary/aromatic N) is 5. The van der Waals surface area contributed by atoms with Crippen molar-refractivity contribution in [3.63, 3.8) is 0 Å². The van der Waals surface area contributed by atoms with Gasteiger partial charge in [0.2, 0.25) is 5.13 Å². The van der Waals surface area contributed by atoms with Crippen LogP contribution in [-0.2, 0) is 23.3 Å². The smallest absolute Gasteiger partial charge is 0.325 e. The number of carboxylic acids is 1. The Kier molecular flexibility index (Phi) is 3.98. The van der Waals surface area contributed by atoms with Crippen molar-refractivity contribution >= 4 is 22.6 Å². The quantitative estimate of drug-likeness (QED) is 0.851. The van der Waals surface area contributed by atoms with Gasteiger partial charge >= 0.3 is 5.97 Å². The topological polar surface area (TPSA) is 106 Å². The monoisotopic (exact) mass is 296 g/mol. The Hall–Kier alpha value is -2.03. The van der Waals surface area contributed by atoms with E-state index in [-0.39, 0.29) is 12.0 Å². The van der Waals surface area contributed by atoms with Gasteiger partial charge in [-0.3, -0.25) is 4.79 Å². The van der Waals surface area contributed by atoms with Crippen molar-refractivity contribution in [2.24, 2.45) is 0 Å². The van der Waals surface area contributed by atoms with Crippen LogP contribution in [0.1, 0.15) is 32.3 Å². The van der Waals surface area contributed by atoms with Crippen LogP contribution in [0.2, 0.25) is 0 Å². The van der Waals surface area contributed by atoms with E-state index in [9.17, 15) is 4.79 Å². The highest BCUT2D eigenvalue weighted by molar-refractivity contribution is 7.09. The summed E-state index contributed by atoms with van der Waals surface area (Å²) in [5, 5.41) is 20.1. The molecule has 0 spiro atoms. The molecule has 0 amide bonds. The average Bonchev–Trinajstić information content (AvgIpc) is 2.93. The van der Waals surface area contributed by atoms with Crippen LogP contribution < -0.4 is 5.32 Å². The van der Waals surface area contributed by atoms with Crippen LogP contribution in [0.15, 0.2) is 6.20 Å². The maximum atomic E-state index is 10.5. The molecule has 2 aromatic heterocycles. The molecule has 0 bridgehead atoms.